The number of aliphatic hydroxyl groups excluding tert-OH is 1. The average Bonchev–Trinajstić information content (AvgIpc) is 3.92. The number of phenols is 1. The molecule has 5 aromatic rings. The lowest BCUT2D eigenvalue weighted by atomic mass is 9.34. The number of phenolic OH excluding ortho intramolecular Hbond substituents is 1. The number of hydrogen-bond donors (Lipinski definition) is 4. The number of β-amino-alcohol motifs (C(OH)–C–C–N with tert-alkyl or cyclic N) is 1. The third-order valence-corrected chi connectivity index (χ3v) is 13.4. The summed E-state index contributed by atoms with van der Waals surface area (Å²) in [6.45, 7) is 9.41. The van der Waals surface area contributed by atoms with Crippen molar-refractivity contribution < 1.29 is 29.1 Å². The van der Waals surface area contributed by atoms with Crippen molar-refractivity contribution in [2.75, 3.05) is 39.3 Å². The van der Waals surface area contributed by atoms with Gasteiger partial charge in [0.2, 0.25) is 11.8 Å². The van der Waals surface area contributed by atoms with Crippen LogP contribution in [-0.4, -0.2) is 109 Å². The van der Waals surface area contributed by atoms with Crippen LogP contribution in [0.1, 0.15) is 73.4 Å². The van der Waals surface area contributed by atoms with E-state index in [2.05, 4.69) is 48.5 Å². The number of H-pyrrole nitrogens is 1. The minimum Gasteiger partial charge on any atom is -0.507 e. The molecule has 288 valence electrons. The molecule has 2 bridgehead atoms. The average molecular weight is 767 g/mol. The number of carbonyl (C=O) groups is 2. The molecule has 5 aliphatic rings. The van der Waals surface area contributed by atoms with Gasteiger partial charge in [-0.25, -0.2) is 4.98 Å². The highest BCUT2D eigenvalue weighted by Crippen LogP contribution is 2.74. The molecular weight excluding hydrogens is 721 g/mol. The van der Waals surface area contributed by atoms with Crippen LogP contribution in [0, 0.1) is 18.3 Å². The van der Waals surface area contributed by atoms with Gasteiger partial charge in [0.1, 0.15) is 24.3 Å². The minimum absolute atomic E-state index is 0.0958. The molecule has 1 aromatic carbocycles. The Kier molecular flexibility index (Phi) is 8.93. The van der Waals surface area contributed by atoms with E-state index in [9.17, 15) is 19.8 Å². The van der Waals surface area contributed by atoms with E-state index >= 15 is 0 Å². The number of benzene rings is 1. The summed E-state index contributed by atoms with van der Waals surface area (Å²) in [6.07, 6.45) is 2.58. The molecule has 10 rings (SSSR count). The zero-order chi connectivity index (χ0) is 38.1. The first-order chi connectivity index (χ1) is 26.5. The number of amides is 2. The van der Waals surface area contributed by atoms with Gasteiger partial charge in [-0.15, -0.1) is 21.5 Å². The molecule has 3 atom stereocenters. The number of nitrogens with one attached hydrogen (secondary N) is 2. The van der Waals surface area contributed by atoms with Gasteiger partial charge in [-0.1, -0.05) is 26.0 Å². The molecule has 5 fully saturated rings. The maximum atomic E-state index is 14.1. The van der Waals surface area contributed by atoms with Crippen molar-refractivity contribution in [1.29, 1.82) is 0 Å². The number of aromatic amines is 1. The Morgan fingerprint density at radius 3 is 2.67 bits per heavy atom. The number of likely N-dealkylation sites (tertiary alicyclic amines) is 2. The van der Waals surface area contributed by atoms with Crippen LogP contribution in [0.5, 0.6) is 11.6 Å². The van der Waals surface area contributed by atoms with Crippen molar-refractivity contribution >= 4 is 34.2 Å². The molecule has 0 unspecified atom stereocenters. The van der Waals surface area contributed by atoms with Crippen LogP contribution in [-0.2, 0) is 15.0 Å². The third kappa shape index (κ3) is 6.45. The Bertz CT molecular complexity index is 2220. The zero-order valence-electron chi connectivity index (χ0n) is 31.2. The summed E-state index contributed by atoms with van der Waals surface area (Å²) in [7, 11) is 0. The lowest BCUT2D eigenvalue weighted by Crippen LogP contribution is -2.68. The summed E-state index contributed by atoms with van der Waals surface area (Å²) in [4.78, 5) is 40.6. The van der Waals surface area contributed by atoms with Crippen molar-refractivity contribution in [3.05, 3.63) is 70.0 Å². The number of aromatic nitrogens is 5. The fourth-order valence-electron chi connectivity index (χ4n) is 9.56. The number of ether oxygens (including phenoxy) is 1. The molecule has 2 saturated heterocycles. The molecule has 2 amide bonds. The number of carbonyl (C=O) groups excluding carboxylic acids is 2. The lowest BCUT2D eigenvalue weighted by molar-refractivity contribution is -0.148. The highest BCUT2D eigenvalue weighted by molar-refractivity contribution is 7.10. The largest absolute Gasteiger partial charge is 0.507 e. The molecule has 0 spiro atoms. The number of aromatic hydroxyl groups is 1. The number of aliphatic hydroxyl groups is 1. The summed E-state index contributed by atoms with van der Waals surface area (Å²) in [5, 5.41) is 37.7. The molecule has 14 nitrogen and oxygen atoms in total. The molecule has 2 aliphatic heterocycles. The number of nitrogens with zero attached hydrogens (tertiary/aromatic N) is 6. The summed E-state index contributed by atoms with van der Waals surface area (Å²) >= 11 is 1.73. The molecule has 55 heavy (non-hydrogen) atoms. The summed E-state index contributed by atoms with van der Waals surface area (Å²) in [5.41, 5.74) is 6.44. The van der Waals surface area contributed by atoms with E-state index in [0.29, 0.717) is 54.2 Å². The van der Waals surface area contributed by atoms with E-state index in [0.717, 1.165) is 49.1 Å². The minimum atomic E-state index is -0.776. The Morgan fingerprint density at radius 1 is 1.13 bits per heavy atom. The second kappa shape index (κ2) is 13.7. The third-order valence-electron chi connectivity index (χ3n) is 12.2. The van der Waals surface area contributed by atoms with Gasteiger partial charge in [0.25, 0.3) is 5.88 Å². The van der Waals surface area contributed by atoms with Gasteiger partial charge in [0, 0.05) is 78.1 Å². The maximum Gasteiger partial charge on any atom is 0.254 e. The Labute approximate surface area is 322 Å². The number of aryl methyl sites for hydroxylation is 1. The quantitative estimate of drug-likeness (QED) is 0.132. The fourth-order valence-corrected chi connectivity index (χ4v) is 10.6. The zero-order valence-corrected chi connectivity index (χ0v) is 32.0. The first-order valence-electron chi connectivity index (χ1n) is 19.1. The van der Waals surface area contributed by atoms with Crippen LogP contribution in [0.25, 0.3) is 22.3 Å². The molecular formula is C40H46N8O6S. The smallest absolute Gasteiger partial charge is 0.254 e. The molecule has 0 radical (unpaired) electrons. The van der Waals surface area contributed by atoms with Crippen LogP contribution in [0.15, 0.2) is 52.5 Å². The number of hydrogen-bond acceptors (Lipinski definition) is 12. The van der Waals surface area contributed by atoms with Gasteiger partial charge >= 0.3 is 0 Å². The topological polar surface area (TPSA) is 183 Å². The molecule has 3 aliphatic carbocycles. The maximum absolute atomic E-state index is 14.1. The van der Waals surface area contributed by atoms with Crippen LogP contribution in [0.4, 0.5) is 0 Å². The predicted molar refractivity (Wildman–Crippen MR) is 204 cm³/mol. The van der Waals surface area contributed by atoms with Crippen molar-refractivity contribution in [3.8, 4) is 22.9 Å². The van der Waals surface area contributed by atoms with E-state index < -0.39 is 18.1 Å². The van der Waals surface area contributed by atoms with Gasteiger partial charge in [-0.3, -0.25) is 14.5 Å². The monoisotopic (exact) mass is 766 g/mol. The first kappa shape index (κ1) is 35.8. The summed E-state index contributed by atoms with van der Waals surface area (Å²) < 4.78 is 11.6. The van der Waals surface area contributed by atoms with E-state index in [1.54, 1.807) is 29.5 Å². The van der Waals surface area contributed by atoms with Gasteiger partial charge in [-0.05, 0) is 66.9 Å². The number of thiazole rings is 1. The Hall–Kier alpha value is -4.86. The predicted octanol–water partition coefficient (Wildman–Crippen LogP) is 4.50. The highest BCUT2D eigenvalue weighted by atomic mass is 32.1. The number of rotatable bonds is 13. The first-order valence-corrected chi connectivity index (χ1v) is 20.0. The number of fused-ring (bicyclic) bond motifs is 1. The van der Waals surface area contributed by atoms with Crippen molar-refractivity contribution in [2.24, 2.45) is 11.3 Å². The molecule has 3 saturated carbocycles. The van der Waals surface area contributed by atoms with Crippen molar-refractivity contribution in [3.63, 3.8) is 0 Å². The number of para-hydroxylation sites is 1. The summed E-state index contributed by atoms with van der Waals surface area (Å²) in [5.74, 6) is -0.128. The normalized spacial score (nSPS) is 25.4. The fraction of sp³-hybridized carbons (Fsp3) is 0.500. The molecule has 4 N–H and O–H groups in total. The second-order valence-corrected chi connectivity index (χ2v) is 17.4. The van der Waals surface area contributed by atoms with Gasteiger partial charge in [0.05, 0.1) is 23.0 Å². The highest BCUT2D eigenvalue weighted by Gasteiger charge is 2.69. The Morgan fingerprint density at radius 2 is 1.93 bits per heavy atom. The van der Waals surface area contributed by atoms with Crippen LogP contribution in [0.2, 0.25) is 0 Å². The SMILES string of the molecule is Cc1ncsc1C12CC(CNC(=O)[C@@H]3C[C@@H](O)CN3C(=O)[C@H](c3cc(OCCN4CC(c5cc6cc(-c7ccccc7O)nnc6[nH]5)C4)no3)C(C)C)(C1)C2. The van der Waals surface area contributed by atoms with E-state index in [1.807, 2.05) is 37.6 Å². The van der Waals surface area contributed by atoms with Crippen LogP contribution < -0.4 is 10.1 Å². The summed E-state index contributed by atoms with van der Waals surface area (Å²) in [6, 6.07) is 12.1. The lowest BCUT2D eigenvalue weighted by Gasteiger charge is -2.70. The van der Waals surface area contributed by atoms with Gasteiger partial charge < -0.3 is 34.7 Å². The second-order valence-electron chi connectivity index (χ2n) is 16.6. The molecule has 4 aromatic heterocycles. The van der Waals surface area contributed by atoms with E-state index in [1.165, 1.54) is 9.78 Å². The van der Waals surface area contributed by atoms with Crippen LogP contribution in [0.3, 0.4) is 0 Å². The van der Waals surface area contributed by atoms with E-state index in [4.69, 9.17) is 9.26 Å². The van der Waals surface area contributed by atoms with E-state index in [-0.39, 0.29) is 47.3 Å². The molecule has 15 heteroatoms. The van der Waals surface area contributed by atoms with Gasteiger partial charge in [0.15, 0.2) is 11.4 Å². The van der Waals surface area contributed by atoms with Crippen molar-refractivity contribution in [2.45, 2.75) is 75.9 Å². The molecule has 6 heterocycles. The Balaban J connectivity index is 0.760. The van der Waals surface area contributed by atoms with Gasteiger partial charge in [-0.2, -0.15) is 0 Å². The standard InChI is InChI=1S/C40H46N8O6S/c1-22(2)34(38(52)48-16-26(49)12-30(48)37(51)41-20-39-17-40(18-39,19-39)35-23(3)42-21-55-35)32-13-33(46-54-32)53-9-8-47-14-25(15-47)28-10-24-11-29(44-45-36(24)43-28)27-6-4-5-7-31(27)50/h4-7,10-11,13,21-22,25-26,30,34,49-50H,8-9,12,14-20H2,1-3H3,(H,41,51)(H,43,45)/t26-,30+,34+,39?,40?/m1/s1. The van der Waals surface area contributed by atoms with Crippen molar-refractivity contribution in [1.82, 2.24) is 40.4 Å². The van der Waals surface area contributed by atoms with Crippen LogP contribution >= 0.6 is 11.3 Å².